The van der Waals surface area contributed by atoms with Gasteiger partial charge >= 0.3 is 0 Å². The van der Waals surface area contributed by atoms with Crippen LogP contribution in [0.3, 0.4) is 0 Å². The third kappa shape index (κ3) is 2.83. The zero-order valence-corrected chi connectivity index (χ0v) is 15.5. The molecule has 6 heteroatoms. The van der Waals surface area contributed by atoms with Gasteiger partial charge in [-0.15, -0.1) is 0 Å². The van der Waals surface area contributed by atoms with E-state index in [1.807, 2.05) is 18.2 Å². The summed E-state index contributed by atoms with van der Waals surface area (Å²) in [5.74, 6) is -0.0628. The van der Waals surface area contributed by atoms with Gasteiger partial charge in [-0.3, -0.25) is 9.59 Å². The average molecular weight is 376 g/mol. The molecule has 1 aromatic carbocycles. The molecule has 1 aromatic rings. The Morgan fingerprint density at radius 3 is 2.85 bits per heavy atom. The molecule has 4 rings (SSSR count). The number of rotatable bonds is 4. The van der Waals surface area contributed by atoms with Crippen molar-refractivity contribution in [3.8, 4) is 0 Å². The third-order valence-electron chi connectivity index (χ3n) is 5.56. The van der Waals surface area contributed by atoms with Crippen LogP contribution in [0.25, 0.3) is 0 Å². The number of nitrogens with zero attached hydrogens (tertiary/aromatic N) is 1. The van der Waals surface area contributed by atoms with Crippen molar-refractivity contribution in [1.82, 2.24) is 4.90 Å². The van der Waals surface area contributed by atoms with Crippen LogP contribution >= 0.6 is 11.6 Å². The molecule has 26 heavy (non-hydrogen) atoms. The summed E-state index contributed by atoms with van der Waals surface area (Å²) in [6.07, 6.45) is 3.56. The Kier molecular flexibility index (Phi) is 4.76. The molecule has 1 saturated carbocycles. The number of halogens is 1. The number of benzene rings is 1. The zero-order chi connectivity index (χ0) is 18.3. The predicted octanol–water partition coefficient (Wildman–Crippen LogP) is 3.28. The molecule has 0 bridgehead atoms. The normalized spacial score (nSPS) is 28.1. The fraction of sp³-hybridized carbons (Fsp3) is 0.500. The lowest BCUT2D eigenvalue weighted by Gasteiger charge is -2.35. The molecule has 0 spiro atoms. The van der Waals surface area contributed by atoms with Crippen molar-refractivity contribution in [3.05, 3.63) is 46.2 Å². The van der Waals surface area contributed by atoms with Gasteiger partial charge in [0.1, 0.15) is 6.10 Å². The van der Waals surface area contributed by atoms with E-state index in [0.29, 0.717) is 23.7 Å². The molecular weight excluding hydrogens is 354 g/mol. The highest BCUT2D eigenvalue weighted by molar-refractivity contribution is 6.30. The number of fused-ring (bicyclic) bond motifs is 1. The van der Waals surface area contributed by atoms with Gasteiger partial charge < -0.3 is 14.4 Å². The number of hydrogen-bond acceptors (Lipinski definition) is 4. The van der Waals surface area contributed by atoms with Crippen molar-refractivity contribution in [3.63, 3.8) is 0 Å². The first-order chi connectivity index (χ1) is 12.6. The van der Waals surface area contributed by atoms with Crippen LogP contribution in [0.2, 0.25) is 5.02 Å². The summed E-state index contributed by atoms with van der Waals surface area (Å²) in [5.41, 5.74) is 1.33. The Morgan fingerprint density at radius 2 is 2.08 bits per heavy atom. The van der Waals surface area contributed by atoms with Crippen molar-refractivity contribution in [2.24, 2.45) is 5.92 Å². The van der Waals surface area contributed by atoms with Crippen LogP contribution in [0.5, 0.6) is 0 Å². The maximum atomic E-state index is 13.3. The molecule has 3 atom stereocenters. The number of amides is 1. The van der Waals surface area contributed by atoms with Gasteiger partial charge in [-0.25, -0.2) is 0 Å². The van der Waals surface area contributed by atoms with E-state index in [4.69, 9.17) is 21.1 Å². The van der Waals surface area contributed by atoms with Crippen molar-refractivity contribution in [2.75, 3.05) is 20.3 Å². The lowest BCUT2D eigenvalue weighted by Crippen LogP contribution is -2.39. The first-order valence-corrected chi connectivity index (χ1v) is 9.50. The molecule has 0 aromatic heterocycles. The van der Waals surface area contributed by atoms with E-state index >= 15 is 0 Å². The highest BCUT2D eigenvalue weighted by Gasteiger charge is 2.51. The van der Waals surface area contributed by atoms with Crippen LogP contribution in [-0.2, 0) is 19.1 Å². The van der Waals surface area contributed by atoms with Crippen molar-refractivity contribution in [2.45, 2.75) is 37.8 Å². The molecule has 2 heterocycles. The Bertz CT molecular complexity index is 775. The van der Waals surface area contributed by atoms with Crippen LogP contribution in [0.15, 0.2) is 35.6 Å². The van der Waals surface area contributed by atoms with E-state index in [-0.39, 0.29) is 29.5 Å². The van der Waals surface area contributed by atoms with Crippen LogP contribution in [0.4, 0.5) is 0 Å². The number of carbonyl (C=O) groups is 2. The van der Waals surface area contributed by atoms with Crippen LogP contribution in [0, 0.1) is 5.92 Å². The number of ether oxygens (including phenoxy) is 2. The minimum Gasteiger partial charge on any atom is -0.483 e. The van der Waals surface area contributed by atoms with Crippen molar-refractivity contribution < 1.29 is 19.1 Å². The number of Topliss-reactive ketones (excluding diaryl/α,β-unsaturated/α-hetero) is 1. The summed E-state index contributed by atoms with van der Waals surface area (Å²) in [7, 11) is 1.60. The molecule has 0 N–H and O–H groups in total. The zero-order valence-electron chi connectivity index (χ0n) is 14.7. The Hall–Kier alpha value is -1.85. The van der Waals surface area contributed by atoms with Gasteiger partial charge in [0.15, 0.2) is 11.5 Å². The second kappa shape index (κ2) is 7.05. The first kappa shape index (κ1) is 17.6. The average Bonchev–Trinajstić information content (AvgIpc) is 2.93. The fourth-order valence-corrected chi connectivity index (χ4v) is 4.53. The number of ketones is 1. The minimum absolute atomic E-state index is 0.0641. The van der Waals surface area contributed by atoms with E-state index in [2.05, 4.69) is 0 Å². The lowest BCUT2D eigenvalue weighted by molar-refractivity contribution is -0.135. The summed E-state index contributed by atoms with van der Waals surface area (Å²) >= 11 is 6.17. The monoisotopic (exact) mass is 375 g/mol. The first-order valence-electron chi connectivity index (χ1n) is 9.12. The smallest absolute Gasteiger partial charge is 0.290 e. The van der Waals surface area contributed by atoms with E-state index < -0.39 is 6.04 Å². The fourth-order valence-electron chi connectivity index (χ4n) is 4.34. The molecule has 1 amide bonds. The van der Waals surface area contributed by atoms with E-state index in [1.54, 1.807) is 18.1 Å². The molecular formula is C20H22ClNO4. The number of carbonyl (C=O) groups excluding carboxylic acids is 2. The van der Waals surface area contributed by atoms with Gasteiger partial charge in [-0.1, -0.05) is 30.2 Å². The molecule has 138 valence electrons. The molecule has 0 radical (unpaired) electrons. The second-order valence-electron chi connectivity index (χ2n) is 7.10. The van der Waals surface area contributed by atoms with Gasteiger partial charge in [0.2, 0.25) is 0 Å². The molecule has 2 aliphatic heterocycles. The van der Waals surface area contributed by atoms with E-state index in [0.717, 1.165) is 31.2 Å². The topological polar surface area (TPSA) is 55.8 Å². The van der Waals surface area contributed by atoms with Gasteiger partial charge in [0.05, 0.1) is 24.1 Å². The van der Waals surface area contributed by atoms with Gasteiger partial charge in [-0.05, 0) is 37.0 Å². The quantitative estimate of drug-likeness (QED) is 0.810. The van der Waals surface area contributed by atoms with Crippen LogP contribution in [-0.4, -0.2) is 43.0 Å². The predicted molar refractivity (Wildman–Crippen MR) is 96.6 cm³/mol. The van der Waals surface area contributed by atoms with Crippen LogP contribution < -0.4 is 0 Å². The minimum atomic E-state index is -0.457. The summed E-state index contributed by atoms with van der Waals surface area (Å²) < 4.78 is 11.3. The van der Waals surface area contributed by atoms with Gasteiger partial charge in [0.25, 0.3) is 5.91 Å². The van der Waals surface area contributed by atoms with Gasteiger partial charge in [0, 0.05) is 18.7 Å². The number of hydrogen-bond donors (Lipinski definition) is 0. The highest BCUT2D eigenvalue weighted by atomic mass is 35.5. The molecule has 3 unspecified atom stereocenters. The molecule has 1 aliphatic carbocycles. The maximum absolute atomic E-state index is 13.3. The summed E-state index contributed by atoms with van der Waals surface area (Å²) in [6.45, 7) is 0.788. The molecule has 1 fully saturated rings. The Labute approximate surface area is 157 Å². The second-order valence-corrected chi connectivity index (χ2v) is 7.54. The number of methoxy groups -OCH3 is 1. The third-order valence-corrected chi connectivity index (χ3v) is 5.79. The Morgan fingerprint density at radius 1 is 1.27 bits per heavy atom. The SMILES string of the molecule is COCCN1C(=O)C2=C(C(=O)C3CCCCC3O2)C1c1cccc(Cl)c1. The Balaban J connectivity index is 1.78. The summed E-state index contributed by atoms with van der Waals surface area (Å²) in [6, 6.07) is 6.89. The molecule has 3 aliphatic rings. The summed E-state index contributed by atoms with van der Waals surface area (Å²) in [4.78, 5) is 28.0. The molecule has 5 nitrogen and oxygen atoms in total. The van der Waals surface area contributed by atoms with Gasteiger partial charge in [-0.2, -0.15) is 0 Å². The lowest BCUT2D eigenvalue weighted by atomic mass is 9.77. The van der Waals surface area contributed by atoms with Crippen molar-refractivity contribution >= 4 is 23.3 Å². The summed E-state index contributed by atoms with van der Waals surface area (Å²) in [5, 5.41) is 0.579. The maximum Gasteiger partial charge on any atom is 0.290 e. The van der Waals surface area contributed by atoms with E-state index in [1.165, 1.54) is 0 Å². The van der Waals surface area contributed by atoms with E-state index in [9.17, 15) is 9.59 Å². The highest BCUT2D eigenvalue weighted by Crippen LogP contribution is 2.46. The van der Waals surface area contributed by atoms with Crippen molar-refractivity contribution in [1.29, 1.82) is 0 Å². The van der Waals surface area contributed by atoms with Crippen LogP contribution in [0.1, 0.15) is 37.3 Å². The largest absolute Gasteiger partial charge is 0.483 e. The molecule has 0 saturated heterocycles. The standard InChI is InChI=1S/C20H22ClNO4/c1-25-10-9-22-17(12-5-4-6-13(21)11-12)16-18(23)14-7-2-3-8-15(14)26-19(16)20(22)24/h4-6,11,14-15,17H,2-3,7-10H2,1H3.